The topological polar surface area (TPSA) is 108 Å². The van der Waals surface area contributed by atoms with E-state index in [2.05, 4.69) is 60.7 Å². The molecule has 2 saturated heterocycles. The summed E-state index contributed by atoms with van der Waals surface area (Å²) in [7, 11) is -0.309. The van der Waals surface area contributed by atoms with Gasteiger partial charge in [0.15, 0.2) is 0 Å². The number of likely N-dealkylation sites (tertiary alicyclic amines) is 1. The molecule has 1 aliphatic carbocycles. The lowest BCUT2D eigenvalue weighted by atomic mass is 9.63. The zero-order valence-electron chi connectivity index (χ0n) is 33.0. The lowest BCUT2D eigenvalue weighted by Gasteiger charge is -2.47. The molecule has 1 aromatic rings. The summed E-state index contributed by atoms with van der Waals surface area (Å²) in [5.74, 6) is 0.796. The van der Waals surface area contributed by atoms with Crippen LogP contribution in [0.25, 0.3) is 0 Å². The molecule has 4 aliphatic rings. The van der Waals surface area contributed by atoms with Gasteiger partial charge in [-0.15, -0.1) is 0 Å². The summed E-state index contributed by atoms with van der Waals surface area (Å²) in [5.41, 5.74) is 0.366. The Hall–Kier alpha value is -2.80. The number of hydrogen-bond donors (Lipinski definition) is 2. The Morgan fingerprint density at radius 2 is 1.69 bits per heavy atom. The Morgan fingerprint density at radius 3 is 2.14 bits per heavy atom. The molecule has 3 aliphatic heterocycles. The van der Waals surface area contributed by atoms with Crippen LogP contribution < -0.4 is 5.32 Å². The summed E-state index contributed by atoms with van der Waals surface area (Å²) in [4.78, 5) is 35.2. The predicted molar refractivity (Wildman–Crippen MR) is 197 cm³/mol. The number of halogens is 3. The van der Waals surface area contributed by atoms with Crippen LogP contribution in [-0.4, -0.2) is 70.7 Å². The summed E-state index contributed by atoms with van der Waals surface area (Å²) in [6, 6.07) is 3.81. The van der Waals surface area contributed by atoms with Gasteiger partial charge in [0, 0.05) is 32.6 Å². The molecular weight excluding hydrogens is 662 g/mol. The molecule has 0 bridgehead atoms. The summed E-state index contributed by atoms with van der Waals surface area (Å²) in [6.45, 7) is 24.4. The third-order valence-corrected chi connectivity index (χ3v) is 10.3. The van der Waals surface area contributed by atoms with Crippen molar-refractivity contribution in [3.05, 3.63) is 34.9 Å². The highest BCUT2D eigenvalue weighted by Gasteiger charge is 2.57. The molecule has 51 heavy (non-hydrogen) atoms. The van der Waals surface area contributed by atoms with E-state index in [0.717, 1.165) is 55.7 Å². The van der Waals surface area contributed by atoms with E-state index in [0.29, 0.717) is 23.1 Å². The molecule has 292 valence electrons. The van der Waals surface area contributed by atoms with Gasteiger partial charge in [0.25, 0.3) is 0 Å². The van der Waals surface area contributed by atoms with Gasteiger partial charge in [0.05, 0.1) is 23.2 Å². The Balaban J connectivity index is 0.000000373. The summed E-state index contributed by atoms with van der Waals surface area (Å²) in [6.07, 6.45) is 4.30. The van der Waals surface area contributed by atoms with Gasteiger partial charge in [-0.25, -0.2) is 4.79 Å². The second-order valence-electron chi connectivity index (χ2n) is 14.7. The molecule has 0 spiro atoms. The molecule has 2 N–H and O–H groups in total. The maximum atomic E-state index is 12.4. The number of nitrogens with zero attached hydrogens (tertiary/aromatic N) is 2. The first-order chi connectivity index (χ1) is 23.8. The van der Waals surface area contributed by atoms with Gasteiger partial charge in [-0.3, -0.25) is 14.5 Å². The first-order valence-electron chi connectivity index (χ1n) is 18.8. The van der Waals surface area contributed by atoms with Crippen molar-refractivity contribution in [1.82, 2.24) is 15.1 Å². The summed E-state index contributed by atoms with van der Waals surface area (Å²) >= 11 is 0. The number of carboxylic acid groups (broad SMARTS) is 1. The molecule has 0 radical (unpaired) electrons. The van der Waals surface area contributed by atoms with E-state index in [-0.39, 0.29) is 49.2 Å². The third kappa shape index (κ3) is 13.6. The molecule has 5 atom stereocenters. The number of alkyl halides is 3. The molecular formula is C38H65BF3N3O6. The van der Waals surface area contributed by atoms with E-state index < -0.39 is 17.8 Å². The smallest absolute Gasteiger partial charge is 0.465 e. The van der Waals surface area contributed by atoms with E-state index >= 15 is 0 Å². The Morgan fingerprint density at radius 1 is 1.08 bits per heavy atom. The first-order valence-corrected chi connectivity index (χ1v) is 18.8. The lowest BCUT2D eigenvalue weighted by Crippen LogP contribution is -2.49. The lowest BCUT2D eigenvalue weighted by molar-refractivity contribution is -0.137. The van der Waals surface area contributed by atoms with Crippen LogP contribution in [0, 0.1) is 11.3 Å². The fourth-order valence-electron chi connectivity index (χ4n) is 6.83. The Kier molecular flexibility index (Phi) is 19.1. The van der Waals surface area contributed by atoms with Crippen LogP contribution in [-0.2, 0) is 38.2 Å². The molecule has 3 fully saturated rings. The Labute approximate surface area is 305 Å². The van der Waals surface area contributed by atoms with Crippen molar-refractivity contribution < 1.29 is 42.0 Å². The van der Waals surface area contributed by atoms with Gasteiger partial charge in [0.1, 0.15) is 0 Å². The number of amides is 3. The van der Waals surface area contributed by atoms with E-state index in [1.54, 1.807) is 6.92 Å². The SMILES string of the molecule is CC.CC(=O)N1CCCC1C.CCCC.CCCC(NC=O)B1O[C@@H]2C[C@H](C)C(C)(C)C[C@]2(C)O1.O=C(O)N1Cc2ccc(C(F)(F)F)cc2C1. The van der Waals surface area contributed by atoms with Gasteiger partial charge >= 0.3 is 19.4 Å². The van der Waals surface area contributed by atoms with Gasteiger partial charge in [-0.1, -0.05) is 80.7 Å². The minimum Gasteiger partial charge on any atom is -0.465 e. The standard InChI is InChI=1S/C15H28BNO3.C10H8F3NO2.C7H13NO.C4H10.C2H6/c1-6-7-13(17-10-18)16-19-12-8-11(2)14(3,4)9-15(12,5)20-16;11-10(12,13)8-2-1-6-4-14(9(15)16)5-7(6)3-8;1-6-4-3-5-8(6)7(2)9;1-3-4-2;1-2/h10-13H,6-9H2,1-5H3,(H,17,18);1-3H,4-5H2,(H,15,16);6H,3-5H2,1-2H3;3-4H2,1-2H3;1-2H3/t11-,12+,13?,15-;;;;/m0..../s1. The maximum absolute atomic E-state index is 12.4. The second kappa shape index (κ2) is 21.0. The monoisotopic (exact) mass is 727 g/mol. The number of hydrogen-bond acceptors (Lipinski definition) is 5. The highest BCUT2D eigenvalue weighted by molar-refractivity contribution is 6.47. The molecule has 1 saturated carbocycles. The van der Waals surface area contributed by atoms with E-state index in [4.69, 9.17) is 14.4 Å². The fourth-order valence-corrected chi connectivity index (χ4v) is 6.83. The van der Waals surface area contributed by atoms with Crippen LogP contribution in [0.2, 0.25) is 0 Å². The number of rotatable bonds is 6. The molecule has 5 rings (SSSR count). The molecule has 13 heteroatoms. The Bertz CT molecular complexity index is 1230. The van der Waals surface area contributed by atoms with Crippen LogP contribution in [0.15, 0.2) is 18.2 Å². The van der Waals surface area contributed by atoms with Gasteiger partial charge < -0.3 is 24.6 Å². The molecule has 0 aromatic heterocycles. The average Bonchev–Trinajstić information content (AvgIpc) is 3.78. The average molecular weight is 728 g/mol. The number of unbranched alkanes of at least 4 members (excludes halogenated alkanes) is 1. The van der Waals surface area contributed by atoms with Gasteiger partial charge in [-0.2, -0.15) is 13.2 Å². The molecule has 3 amide bonds. The van der Waals surface area contributed by atoms with Crippen LogP contribution >= 0.6 is 0 Å². The maximum Gasteiger partial charge on any atom is 0.481 e. The third-order valence-electron chi connectivity index (χ3n) is 10.3. The summed E-state index contributed by atoms with van der Waals surface area (Å²) in [5, 5.41) is 11.6. The normalized spacial score (nSPS) is 24.8. The number of nitrogens with one attached hydrogen (secondary N) is 1. The van der Waals surface area contributed by atoms with Crippen molar-refractivity contribution in [2.45, 2.75) is 170 Å². The number of fused-ring (bicyclic) bond motifs is 2. The number of benzene rings is 1. The van der Waals surface area contributed by atoms with E-state index in [9.17, 15) is 27.6 Å². The number of carbonyl (C=O) groups excluding carboxylic acids is 2. The van der Waals surface area contributed by atoms with E-state index in [1.165, 1.54) is 31.7 Å². The fraction of sp³-hybridized carbons (Fsp3) is 0.763. The number of carbonyl (C=O) groups is 3. The van der Waals surface area contributed by atoms with Crippen molar-refractivity contribution in [3.63, 3.8) is 0 Å². The summed E-state index contributed by atoms with van der Waals surface area (Å²) < 4.78 is 49.6. The first kappa shape index (κ1) is 46.2. The van der Waals surface area contributed by atoms with Crippen molar-refractivity contribution >= 4 is 25.5 Å². The van der Waals surface area contributed by atoms with Crippen molar-refractivity contribution in [3.8, 4) is 0 Å². The predicted octanol–water partition coefficient (Wildman–Crippen LogP) is 9.11. The van der Waals surface area contributed by atoms with Crippen molar-refractivity contribution in [2.75, 3.05) is 6.54 Å². The minimum absolute atomic E-state index is 0.0224. The van der Waals surface area contributed by atoms with Crippen LogP contribution in [0.4, 0.5) is 18.0 Å². The largest absolute Gasteiger partial charge is 0.481 e. The van der Waals surface area contributed by atoms with Crippen molar-refractivity contribution in [1.29, 1.82) is 0 Å². The van der Waals surface area contributed by atoms with Crippen LogP contribution in [0.5, 0.6) is 0 Å². The van der Waals surface area contributed by atoms with Crippen LogP contribution in [0.3, 0.4) is 0 Å². The van der Waals surface area contributed by atoms with Crippen LogP contribution in [0.1, 0.15) is 144 Å². The molecule has 9 nitrogen and oxygen atoms in total. The minimum atomic E-state index is -4.38. The zero-order chi connectivity index (χ0) is 39.2. The highest BCUT2D eigenvalue weighted by atomic mass is 19.4. The molecule has 3 heterocycles. The highest BCUT2D eigenvalue weighted by Crippen LogP contribution is 2.50. The second-order valence-corrected chi connectivity index (χ2v) is 14.7. The van der Waals surface area contributed by atoms with E-state index in [1.807, 2.05) is 18.7 Å². The molecule has 1 aromatic carbocycles. The molecule has 2 unspecified atom stereocenters. The quantitative estimate of drug-likeness (QED) is 0.224. The van der Waals surface area contributed by atoms with Gasteiger partial charge in [0.2, 0.25) is 12.3 Å². The van der Waals surface area contributed by atoms with Gasteiger partial charge in [-0.05, 0) is 80.5 Å². The van der Waals surface area contributed by atoms with Crippen molar-refractivity contribution in [2.24, 2.45) is 11.3 Å². The zero-order valence-corrected chi connectivity index (χ0v) is 33.0.